The second-order valence-electron chi connectivity index (χ2n) is 3.95. The third-order valence-corrected chi connectivity index (χ3v) is 2.54. The molecule has 0 spiro atoms. The first kappa shape index (κ1) is 13.0. The number of aromatic nitrogens is 4. The molecule has 9 heteroatoms. The Kier molecular flexibility index (Phi) is 3.76. The molecule has 19 heavy (non-hydrogen) atoms. The molecule has 0 atom stereocenters. The van der Waals surface area contributed by atoms with Gasteiger partial charge in [-0.15, -0.1) is 0 Å². The van der Waals surface area contributed by atoms with Crippen LogP contribution in [0, 0.1) is 0 Å². The van der Waals surface area contributed by atoms with Gasteiger partial charge < -0.3 is 21.4 Å². The van der Waals surface area contributed by atoms with Crippen LogP contribution in [0.1, 0.15) is 6.42 Å². The van der Waals surface area contributed by atoms with Gasteiger partial charge in [-0.25, -0.2) is 4.98 Å². The summed E-state index contributed by atoms with van der Waals surface area (Å²) in [6.07, 6.45) is 1.71. The lowest BCUT2D eigenvalue weighted by molar-refractivity contribution is -0.121. The van der Waals surface area contributed by atoms with Crippen molar-refractivity contribution in [3.05, 3.63) is 16.7 Å². The van der Waals surface area contributed by atoms with Crippen molar-refractivity contribution < 1.29 is 4.79 Å². The molecule has 0 aliphatic heterocycles. The number of aryl methyl sites for hydroxylation is 1. The van der Waals surface area contributed by atoms with E-state index in [2.05, 4.69) is 20.3 Å². The normalized spacial score (nSPS) is 10.8. The zero-order valence-electron chi connectivity index (χ0n) is 10.2. The van der Waals surface area contributed by atoms with E-state index in [4.69, 9.17) is 11.5 Å². The maximum Gasteiger partial charge on any atom is 0.280 e. The molecular formula is C10H15N7O2. The summed E-state index contributed by atoms with van der Waals surface area (Å²) < 4.78 is 1.61. The molecule has 2 heterocycles. The van der Waals surface area contributed by atoms with E-state index < -0.39 is 5.56 Å². The average Bonchev–Trinajstić information content (AvgIpc) is 2.77. The van der Waals surface area contributed by atoms with Crippen LogP contribution in [0.4, 0.5) is 5.95 Å². The van der Waals surface area contributed by atoms with Gasteiger partial charge in [-0.2, -0.15) is 4.98 Å². The SMILES string of the molecule is NCCNC(=O)CCn1cnc2c(=O)[nH]c(N)nc21. The summed E-state index contributed by atoms with van der Waals surface area (Å²) >= 11 is 0. The van der Waals surface area contributed by atoms with Crippen molar-refractivity contribution in [3.8, 4) is 0 Å². The van der Waals surface area contributed by atoms with Gasteiger partial charge in [0.1, 0.15) is 0 Å². The molecule has 102 valence electrons. The van der Waals surface area contributed by atoms with Gasteiger partial charge in [0.2, 0.25) is 11.9 Å². The van der Waals surface area contributed by atoms with Crippen LogP contribution in [0.2, 0.25) is 0 Å². The summed E-state index contributed by atoms with van der Waals surface area (Å²) in [5, 5.41) is 2.65. The number of carbonyl (C=O) groups excluding carboxylic acids is 1. The molecular weight excluding hydrogens is 250 g/mol. The van der Waals surface area contributed by atoms with Gasteiger partial charge >= 0.3 is 0 Å². The molecule has 0 radical (unpaired) electrons. The summed E-state index contributed by atoms with van der Waals surface area (Å²) in [5.41, 5.74) is 10.9. The van der Waals surface area contributed by atoms with Crippen LogP contribution < -0.4 is 22.3 Å². The maximum atomic E-state index is 11.5. The third kappa shape index (κ3) is 2.88. The number of imidazole rings is 1. The fraction of sp³-hybridized carbons (Fsp3) is 0.400. The van der Waals surface area contributed by atoms with Crippen LogP contribution >= 0.6 is 0 Å². The molecule has 0 aliphatic rings. The minimum absolute atomic E-state index is 0.0202. The lowest BCUT2D eigenvalue weighted by Gasteiger charge is -2.05. The number of aromatic amines is 1. The van der Waals surface area contributed by atoms with Crippen molar-refractivity contribution >= 4 is 23.0 Å². The number of fused-ring (bicyclic) bond motifs is 1. The van der Waals surface area contributed by atoms with Crippen LogP contribution in [-0.2, 0) is 11.3 Å². The van der Waals surface area contributed by atoms with E-state index in [0.717, 1.165) is 0 Å². The number of nitrogens with zero attached hydrogens (tertiary/aromatic N) is 3. The molecule has 0 fully saturated rings. The molecule has 0 saturated carbocycles. The van der Waals surface area contributed by atoms with Crippen LogP contribution in [-0.4, -0.2) is 38.5 Å². The van der Waals surface area contributed by atoms with E-state index in [9.17, 15) is 9.59 Å². The van der Waals surface area contributed by atoms with Gasteiger partial charge in [0.25, 0.3) is 5.56 Å². The van der Waals surface area contributed by atoms with Crippen molar-refractivity contribution in [2.45, 2.75) is 13.0 Å². The average molecular weight is 265 g/mol. The minimum Gasteiger partial charge on any atom is -0.369 e. The molecule has 2 aromatic heterocycles. The first-order valence-corrected chi connectivity index (χ1v) is 5.79. The molecule has 0 aromatic carbocycles. The van der Waals surface area contributed by atoms with E-state index in [1.165, 1.54) is 6.33 Å². The quantitative estimate of drug-likeness (QED) is 0.500. The smallest absolute Gasteiger partial charge is 0.280 e. The molecule has 6 N–H and O–H groups in total. The van der Waals surface area contributed by atoms with Gasteiger partial charge in [0.05, 0.1) is 6.33 Å². The number of rotatable bonds is 5. The highest BCUT2D eigenvalue weighted by atomic mass is 16.1. The van der Waals surface area contributed by atoms with Crippen LogP contribution in [0.3, 0.4) is 0 Å². The highest BCUT2D eigenvalue weighted by Crippen LogP contribution is 2.06. The van der Waals surface area contributed by atoms with Gasteiger partial charge in [-0.1, -0.05) is 0 Å². The topological polar surface area (TPSA) is 145 Å². The van der Waals surface area contributed by atoms with E-state index in [-0.39, 0.29) is 23.8 Å². The zero-order valence-corrected chi connectivity index (χ0v) is 10.2. The van der Waals surface area contributed by atoms with Crippen molar-refractivity contribution in [1.82, 2.24) is 24.8 Å². The maximum absolute atomic E-state index is 11.5. The number of anilines is 1. The highest BCUT2D eigenvalue weighted by Gasteiger charge is 2.10. The van der Waals surface area contributed by atoms with Crippen LogP contribution in [0.15, 0.2) is 11.1 Å². The summed E-state index contributed by atoms with van der Waals surface area (Å²) in [6, 6.07) is 0. The Balaban J connectivity index is 2.13. The Morgan fingerprint density at radius 3 is 3.05 bits per heavy atom. The predicted molar refractivity (Wildman–Crippen MR) is 69.2 cm³/mol. The monoisotopic (exact) mass is 265 g/mol. The molecule has 2 rings (SSSR count). The van der Waals surface area contributed by atoms with Gasteiger partial charge in [0.15, 0.2) is 11.2 Å². The summed E-state index contributed by atoms with van der Waals surface area (Å²) in [7, 11) is 0. The Hall–Kier alpha value is -2.42. The van der Waals surface area contributed by atoms with Crippen molar-refractivity contribution in [3.63, 3.8) is 0 Å². The number of hydrogen-bond acceptors (Lipinski definition) is 6. The Morgan fingerprint density at radius 2 is 2.32 bits per heavy atom. The van der Waals surface area contributed by atoms with Crippen LogP contribution in [0.25, 0.3) is 11.2 Å². The minimum atomic E-state index is -0.395. The van der Waals surface area contributed by atoms with Crippen molar-refractivity contribution in [1.29, 1.82) is 0 Å². The number of amides is 1. The summed E-state index contributed by atoms with van der Waals surface area (Å²) in [5.74, 6) is -0.100. The molecule has 0 unspecified atom stereocenters. The number of nitrogens with two attached hydrogens (primary N) is 2. The standard InChI is InChI=1S/C10H15N7O2/c11-2-3-13-6(18)1-4-17-5-14-7-8(17)15-10(12)16-9(7)19/h5H,1-4,11H2,(H,13,18)(H3,12,15,16,19). The second-order valence-corrected chi connectivity index (χ2v) is 3.95. The first-order chi connectivity index (χ1) is 9.11. The number of H-pyrrole nitrogens is 1. The molecule has 9 nitrogen and oxygen atoms in total. The Bertz CT molecular complexity index is 645. The molecule has 2 aromatic rings. The largest absolute Gasteiger partial charge is 0.369 e. The van der Waals surface area contributed by atoms with E-state index in [0.29, 0.717) is 25.3 Å². The third-order valence-electron chi connectivity index (χ3n) is 2.54. The van der Waals surface area contributed by atoms with Crippen LogP contribution in [0.5, 0.6) is 0 Å². The first-order valence-electron chi connectivity index (χ1n) is 5.79. The Labute approximate surface area is 108 Å². The lowest BCUT2D eigenvalue weighted by Crippen LogP contribution is -2.29. The van der Waals surface area contributed by atoms with Gasteiger partial charge in [-0.05, 0) is 0 Å². The predicted octanol–water partition coefficient (Wildman–Crippen LogP) is -1.83. The second kappa shape index (κ2) is 5.48. The lowest BCUT2D eigenvalue weighted by atomic mass is 10.4. The molecule has 1 amide bonds. The number of nitrogens with one attached hydrogen (secondary N) is 2. The Morgan fingerprint density at radius 1 is 1.53 bits per heavy atom. The summed E-state index contributed by atoms with van der Waals surface area (Å²) in [4.78, 5) is 33.3. The fourth-order valence-corrected chi connectivity index (χ4v) is 1.66. The number of carbonyl (C=O) groups is 1. The van der Waals surface area contributed by atoms with E-state index in [1.54, 1.807) is 4.57 Å². The molecule has 0 bridgehead atoms. The van der Waals surface area contributed by atoms with Crippen molar-refractivity contribution in [2.24, 2.45) is 5.73 Å². The van der Waals surface area contributed by atoms with E-state index >= 15 is 0 Å². The summed E-state index contributed by atoms with van der Waals surface area (Å²) in [6.45, 7) is 1.20. The highest BCUT2D eigenvalue weighted by molar-refractivity contribution is 5.76. The molecule has 0 saturated heterocycles. The number of nitrogen functional groups attached to an aromatic ring is 1. The number of hydrogen-bond donors (Lipinski definition) is 4. The fourth-order valence-electron chi connectivity index (χ4n) is 1.66. The van der Waals surface area contributed by atoms with Gasteiger partial charge in [-0.3, -0.25) is 14.6 Å². The van der Waals surface area contributed by atoms with Gasteiger partial charge in [0, 0.05) is 26.1 Å². The molecule has 0 aliphatic carbocycles. The van der Waals surface area contributed by atoms with E-state index in [1.807, 2.05) is 0 Å². The zero-order chi connectivity index (χ0) is 13.8. The van der Waals surface area contributed by atoms with Crippen molar-refractivity contribution in [2.75, 3.05) is 18.8 Å².